The number of nitro groups is 1. The van der Waals surface area contributed by atoms with E-state index in [0.29, 0.717) is 10.6 Å². The van der Waals surface area contributed by atoms with Gasteiger partial charge in [0.25, 0.3) is 5.69 Å². The fraction of sp³-hybridized carbons (Fsp3) is 0.167. The van der Waals surface area contributed by atoms with Gasteiger partial charge in [0.15, 0.2) is 0 Å². The quantitative estimate of drug-likeness (QED) is 0.140. The number of hydrogen-bond donors (Lipinski definition) is 2. The van der Waals surface area contributed by atoms with Gasteiger partial charge in [0.05, 0.1) is 29.6 Å². The summed E-state index contributed by atoms with van der Waals surface area (Å²) in [5, 5.41) is 33.1. The van der Waals surface area contributed by atoms with Crippen LogP contribution in [0.2, 0.25) is 5.02 Å². The van der Waals surface area contributed by atoms with Crippen LogP contribution >= 0.6 is 11.6 Å². The number of non-ortho nitro benzene ring substituents is 1. The van der Waals surface area contributed by atoms with E-state index in [1.54, 1.807) is 68.4 Å². The molecule has 0 spiro atoms. The van der Waals surface area contributed by atoms with Crippen molar-refractivity contribution in [2.45, 2.75) is 19.8 Å². The highest BCUT2D eigenvalue weighted by atomic mass is 35.5. The van der Waals surface area contributed by atoms with Crippen LogP contribution in [-0.2, 0) is 19.1 Å². The number of benzene rings is 3. The molecule has 0 bridgehead atoms. The van der Waals surface area contributed by atoms with Gasteiger partial charge in [0, 0.05) is 34.0 Å². The summed E-state index contributed by atoms with van der Waals surface area (Å²) in [6, 6.07) is 20.0. The summed E-state index contributed by atoms with van der Waals surface area (Å²) < 4.78 is 10.7. The third-order valence-electron chi connectivity index (χ3n) is 6.30. The third kappa shape index (κ3) is 5.82. The third-order valence-corrected chi connectivity index (χ3v) is 6.55. The predicted octanol–water partition coefficient (Wildman–Crippen LogP) is 6.18. The van der Waals surface area contributed by atoms with Gasteiger partial charge in [-0.1, -0.05) is 54.1 Å². The van der Waals surface area contributed by atoms with Crippen molar-refractivity contribution in [2.75, 3.05) is 18.1 Å². The Balaban J connectivity index is 2.18. The average Bonchev–Trinajstić information content (AvgIpc) is 2.97. The average molecular weight is 576 g/mol. The number of aliphatic hydroxyl groups is 1. The number of amidine groups is 1. The smallest absolute Gasteiger partial charge is 0.355 e. The highest BCUT2D eigenvalue weighted by Gasteiger charge is 2.46. The Labute approximate surface area is 240 Å². The number of carbonyl (C=O) groups is 2. The van der Waals surface area contributed by atoms with E-state index in [4.69, 9.17) is 21.1 Å². The molecule has 4 rings (SSSR count). The van der Waals surface area contributed by atoms with E-state index < -0.39 is 22.8 Å². The minimum atomic E-state index is -1.32. The standard InChI is InChI=1S/C30H26ClN3O7/c1-3-40-29(36)24-23(19-11-8-12-22(17-19)34(38)39)25(27(35)18-9-6-5-7-10-18)28(32)33(26(24)30(37)41-4-2)21-15-13-20(31)14-16-21/h5-17,23,32,35H,3-4H2,1-2H3/b27-25-,32-28?. The first-order valence-corrected chi connectivity index (χ1v) is 13.0. The number of esters is 2. The Morgan fingerprint density at radius 1 is 0.976 bits per heavy atom. The Bertz CT molecular complexity index is 1570. The number of hydrogen-bond acceptors (Lipinski definition) is 8. The molecule has 10 nitrogen and oxygen atoms in total. The summed E-state index contributed by atoms with van der Waals surface area (Å²) in [5.74, 6) is -3.89. The molecule has 0 saturated heterocycles. The largest absolute Gasteiger partial charge is 0.507 e. The summed E-state index contributed by atoms with van der Waals surface area (Å²) in [4.78, 5) is 39.6. The fourth-order valence-corrected chi connectivity index (χ4v) is 4.72. The van der Waals surface area contributed by atoms with Crippen molar-refractivity contribution in [1.82, 2.24) is 0 Å². The van der Waals surface area contributed by atoms with E-state index in [0.717, 1.165) is 0 Å². The maximum atomic E-state index is 13.7. The molecule has 0 radical (unpaired) electrons. The fourth-order valence-electron chi connectivity index (χ4n) is 4.59. The molecule has 210 valence electrons. The molecular weight excluding hydrogens is 550 g/mol. The molecule has 1 atom stereocenters. The number of carbonyl (C=O) groups excluding carboxylic acids is 2. The van der Waals surface area contributed by atoms with Crippen LogP contribution in [0.25, 0.3) is 5.76 Å². The number of nitrogens with zero attached hydrogens (tertiary/aromatic N) is 2. The number of aliphatic hydroxyl groups excluding tert-OH is 1. The van der Waals surface area contributed by atoms with Crippen molar-refractivity contribution in [3.8, 4) is 0 Å². The lowest BCUT2D eigenvalue weighted by Crippen LogP contribution is -2.44. The molecule has 41 heavy (non-hydrogen) atoms. The second kappa shape index (κ2) is 12.5. The topological polar surface area (TPSA) is 143 Å². The molecule has 0 saturated carbocycles. The zero-order chi connectivity index (χ0) is 29.7. The van der Waals surface area contributed by atoms with Gasteiger partial charge < -0.3 is 14.6 Å². The van der Waals surface area contributed by atoms with Crippen molar-refractivity contribution < 1.29 is 29.1 Å². The van der Waals surface area contributed by atoms with Crippen molar-refractivity contribution >= 4 is 46.5 Å². The summed E-state index contributed by atoms with van der Waals surface area (Å²) in [6.07, 6.45) is 0. The van der Waals surface area contributed by atoms with E-state index in [2.05, 4.69) is 0 Å². The lowest BCUT2D eigenvalue weighted by Gasteiger charge is -2.38. The minimum absolute atomic E-state index is 0.0420. The van der Waals surface area contributed by atoms with Gasteiger partial charge in [-0.05, 0) is 43.7 Å². The Kier molecular flexibility index (Phi) is 8.84. The molecule has 2 N–H and O–H groups in total. The maximum absolute atomic E-state index is 13.7. The van der Waals surface area contributed by atoms with Gasteiger partial charge in [-0.3, -0.25) is 20.4 Å². The lowest BCUT2D eigenvalue weighted by molar-refractivity contribution is -0.384. The molecule has 0 aromatic heterocycles. The van der Waals surface area contributed by atoms with Crippen LogP contribution in [0.1, 0.15) is 30.9 Å². The highest BCUT2D eigenvalue weighted by Crippen LogP contribution is 2.46. The van der Waals surface area contributed by atoms with E-state index in [-0.39, 0.29) is 58.6 Å². The number of halogens is 1. The minimum Gasteiger partial charge on any atom is -0.507 e. The van der Waals surface area contributed by atoms with Crippen LogP contribution in [0.5, 0.6) is 0 Å². The predicted molar refractivity (Wildman–Crippen MR) is 154 cm³/mol. The van der Waals surface area contributed by atoms with Gasteiger partial charge in [-0.2, -0.15) is 0 Å². The monoisotopic (exact) mass is 575 g/mol. The Hall–Kier alpha value is -4.96. The van der Waals surface area contributed by atoms with Crippen LogP contribution in [0.15, 0.2) is 95.7 Å². The lowest BCUT2D eigenvalue weighted by atomic mass is 9.77. The van der Waals surface area contributed by atoms with Crippen molar-refractivity contribution in [3.05, 3.63) is 122 Å². The molecule has 1 unspecified atom stereocenters. The van der Waals surface area contributed by atoms with E-state index in [1.165, 1.54) is 29.2 Å². The summed E-state index contributed by atoms with van der Waals surface area (Å²) in [5.41, 5.74) is -0.159. The molecule has 1 aliphatic rings. The van der Waals surface area contributed by atoms with Crippen LogP contribution in [-0.4, -0.2) is 41.0 Å². The van der Waals surface area contributed by atoms with Crippen molar-refractivity contribution in [2.24, 2.45) is 0 Å². The van der Waals surface area contributed by atoms with Crippen LogP contribution < -0.4 is 4.90 Å². The molecule has 1 aliphatic heterocycles. The van der Waals surface area contributed by atoms with Crippen LogP contribution in [0, 0.1) is 15.5 Å². The Morgan fingerprint density at radius 2 is 1.61 bits per heavy atom. The SMILES string of the molecule is CCOC(=O)C1=C(C(=O)OCC)N(c2ccc(Cl)cc2)C(=N)/C(=C(\O)c2ccccc2)C1c1cccc([N+](=O)[O-])c1. The van der Waals surface area contributed by atoms with Gasteiger partial charge >= 0.3 is 11.9 Å². The van der Waals surface area contributed by atoms with Gasteiger partial charge in [0.2, 0.25) is 0 Å². The number of ether oxygens (including phenoxy) is 2. The molecule has 0 amide bonds. The highest BCUT2D eigenvalue weighted by molar-refractivity contribution is 6.30. The zero-order valence-corrected chi connectivity index (χ0v) is 22.9. The molecule has 11 heteroatoms. The number of nitro benzene ring substituents is 1. The van der Waals surface area contributed by atoms with E-state index >= 15 is 0 Å². The summed E-state index contributed by atoms with van der Waals surface area (Å²) >= 11 is 6.10. The summed E-state index contributed by atoms with van der Waals surface area (Å²) in [7, 11) is 0. The number of nitrogens with one attached hydrogen (secondary N) is 1. The number of anilines is 1. The molecule has 0 aliphatic carbocycles. The first-order chi connectivity index (χ1) is 19.7. The maximum Gasteiger partial charge on any atom is 0.355 e. The zero-order valence-electron chi connectivity index (χ0n) is 22.2. The van der Waals surface area contributed by atoms with Crippen molar-refractivity contribution in [1.29, 1.82) is 5.41 Å². The molecule has 3 aromatic rings. The first-order valence-electron chi connectivity index (χ1n) is 12.6. The molecule has 1 heterocycles. The van der Waals surface area contributed by atoms with E-state index in [1.807, 2.05) is 0 Å². The van der Waals surface area contributed by atoms with Crippen molar-refractivity contribution in [3.63, 3.8) is 0 Å². The normalized spacial score (nSPS) is 16.3. The van der Waals surface area contributed by atoms with Crippen LogP contribution in [0.3, 0.4) is 0 Å². The number of rotatable bonds is 8. The Morgan fingerprint density at radius 3 is 2.22 bits per heavy atom. The van der Waals surface area contributed by atoms with Gasteiger partial charge in [-0.25, -0.2) is 9.59 Å². The molecular formula is C30H26ClN3O7. The molecule has 0 fully saturated rings. The molecule has 3 aromatic carbocycles. The second-order valence-corrected chi connectivity index (χ2v) is 9.21. The summed E-state index contributed by atoms with van der Waals surface area (Å²) in [6.45, 7) is 3.08. The second-order valence-electron chi connectivity index (χ2n) is 8.78. The van der Waals surface area contributed by atoms with Crippen LogP contribution in [0.4, 0.5) is 11.4 Å². The van der Waals surface area contributed by atoms with Gasteiger partial charge in [0.1, 0.15) is 17.3 Å². The van der Waals surface area contributed by atoms with E-state index in [9.17, 15) is 30.2 Å². The first kappa shape index (κ1) is 29.0. The van der Waals surface area contributed by atoms with Gasteiger partial charge in [-0.15, -0.1) is 0 Å².